The lowest BCUT2D eigenvalue weighted by Crippen LogP contribution is -1.91. The Bertz CT molecular complexity index is 511. The molecular formula is C14H17NS. The molecule has 16 heavy (non-hydrogen) atoms. The molecule has 1 aromatic carbocycles. The summed E-state index contributed by atoms with van der Waals surface area (Å²) in [6.07, 6.45) is 1.08. The Balaban J connectivity index is 2.64. The third-order valence-electron chi connectivity index (χ3n) is 2.91. The van der Waals surface area contributed by atoms with Crippen molar-refractivity contribution in [3.05, 3.63) is 40.0 Å². The van der Waals surface area contributed by atoms with Gasteiger partial charge in [0.15, 0.2) is 0 Å². The highest BCUT2D eigenvalue weighted by Gasteiger charge is 2.11. The van der Waals surface area contributed by atoms with E-state index in [9.17, 15) is 0 Å². The van der Waals surface area contributed by atoms with E-state index in [0.29, 0.717) is 0 Å². The molecule has 0 fully saturated rings. The molecule has 0 unspecified atom stereocenters. The van der Waals surface area contributed by atoms with Crippen molar-refractivity contribution >= 4 is 11.3 Å². The maximum atomic E-state index is 4.51. The van der Waals surface area contributed by atoms with E-state index >= 15 is 0 Å². The van der Waals surface area contributed by atoms with E-state index in [4.69, 9.17) is 0 Å². The first-order valence-electron chi connectivity index (χ1n) is 5.66. The highest BCUT2D eigenvalue weighted by atomic mass is 32.1. The van der Waals surface area contributed by atoms with Crippen molar-refractivity contribution in [2.45, 2.75) is 34.1 Å². The molecule has 0 aliphatic heterocycles. The van der Waals surface area contributed by atoms with Crippen molar-refractivity contribution < 1.29 is 0 Å². The summed E-state index contributed by atoms with van der Waals surface area (Å²) in [6, 6.07) is 6.54. The van der Waals surface area contributed by atoms with Crippen LogP contribution >= 0.6 is 11.3 Å². The first kappa shape index (κ1) is 11.3. The fourth-order valence-electron chi connectivity index (χ4n) is 2.17. The van der Waals surface area contributed by atoms with E-state index in [1.807, 2.05) is 0 Å². The van der Waals surface area contributed by atoms with E-state index in [-0.39, 0.29) is 0 Å². The number of aromatic nitrogens is 1. The Hall–Kier alpha value is -1.15. The maximum Gasteiger partial charge on any atom is 0.0903 e. The molecule has 0 amide bonds. The SMILES string of the molecule is CCc1c(C)cccc1-c1sc(C)nc1C. The van der Waals surface area contributed by atoms with Gasteiger partial charge in [0, 0.05) is 0 Å². The van der Waals surface area contributed by atoms with Crippen molar-refractivity contribution in [3.8, 4) is 10.4 Å². The van der Waals surface area contributed by atoms with E-state index < -0.39 is 0 Å². The lowest BCUT2D eigenvalue weighted by atomic mass is 9.98. The van der Waals surface area contributed by atoms with Crippen molar-refractivity contribution in [3.63, 3.8) is 0 Å². The van der Waals surface area contributed by atoms with Gasteiger partial charge in [0.1, 0.15) is 0 Å². The molecule has 0 saturated heterocycles. The zero-order valence-electron chi connectivity index (χ0n) is 10.3. The molecule has 0 atom stereocenters. The predicted octanol–water partition coefficient (Wildman–Crippen LogP) is 4.30. The predicted molar refractivity (Wildman–Crippen MR) is 71.1 cm³/mol. The number of aryl methyl sites for hydroxylation is 3. The second-order valence-corrected chi connectivity index (χ2v) is 5.31. The summed E-state index contributed by atoms with van der Waals surface area (Å²) >= 11 is 1.79. The second-order valence-electron chi connectivity index (χ2n) is 4.10. The monoisotopic (exact) mass is 231 g/mol. The average molecular weight is 231 g/mol. The largest absolute Gasteiger partial charge is 0.246 e. The van der Waals surface area contributed by atoms with Crippen LogP contribution in [0.15, 0.2) is 18.2 Å². The van der Waals surface area contributed by atoms with Gasteiger partial charge in [-0.1, -0.05) is 25.1 Å². The van der Waals surface area contributed by atoms with Gasteiger partial charge in [0.25, 0.3) is 0 Å². The minimum absolute atomic E-state index is 1.08. The molecule has 2 heteroatoms. The maximum absolute atomic E-state index is 4.51. The second kappa shape index (κ2) is 4.38. The Labute approximate surface area is 101 Å². The van der Waals surface area contributed by atoms with Gasteiger partial charge in [-0.3, -0.25) is 0 Å². The summed E-state index contributed by atoms with van der Waals surface area (Å²) in [4.78, 5) is 5.84. The number of hydrogen-bond acceptors (Lipinski definition) is 2. The Morgan fingerprint density at radius 3 is 2.50 bits per heavy atom. The van der Waals surface area contributed by atoms with E-state index in [2.05, 4.69) is 50.9 Å². The molecule has 0 N–H and O–H groups in total. The molecule has 2 rings (SSSR count). The van der Waals surface area contributed by atoms with Crippen LogP contribution in [0.25, 0.3) is 10.4 Å². The van der Waals surface area contributed by atoms with Crippen LogP contribution < -0.4 is 0 Å². The lowest BCUT2D eigenvalue weighted by molar-refractivity contribution is 1.11. The van der Waals surface area contributed by atoms with E-state index in [1.165, 1.54) is 21.6 Å². The Kier molecular flexibility index (Phi) is 3.10. The van der Waals surface area contributed by atoms with Crippen LogP contribution in [0.3, 0.4) is 0 Å². The van der Waals surface area contributed by atoms with Crippen LogP contribution in [-0.2, 0) is 6.42 Å². The highest BCUT2D eigenvalue weighted by Crippen LogP contribution is 2.33. The molecule has 0 bridgehead atoms. The quantitative estimate of drug-likeness (QED) is 0.751. The number of hydrogen-bond donors (Lipinski definition) is 0. The van der Waals surface area contributed by atoms with Crippen LogP contribution in [0.5, 0.6) is 0 Å². The number of benzene rings is 1. The zero-order valence-corrected chi connectivity index (χ0v) is 11.1. The molecule has 84 valence electrons. The topological polar surface area (TPSA) is 12.9 Å². The fraction of sp³-hybridized carbons (Fsp3) is 0.357. The minimum atomic E-state index is 1.08. The molecular weight excluding hydrogens is 214 g/mol. The summed E-state index contributed by atoms with van der Waals surface area (Å²) in [6.45, 7) is 8.57. The number of nitrogens with zero attached hydrogens (tertiary/aromatic N) is 1. The Morgan fingerprint density at radius 1 is 1.19 bits per heavy atom. The third-order valence-corrected chi connectivity index (χ3v) is 4.02. The van der Waals surface area contributed by atoms with Crippen molar-refractivity contribution in [2.24, 2.45) is 0 Å². The van der Waals surface area contributed by atoms with Crippen molar-refractivity contribution in [1.82, 2.24) is 4.98 Å². The van der Waals surface area contributed by atoms with Crippen molar-refractivity contribution in [1.29, 1.82) is 0 Å². The van der Waals surface area contributed by atoms with Gasteiger partial charge in [0.05, 0.1) is 15.6 Å². The molecule has 1 nitrogen and oxygen atoms in total. The third kappa shape index (κ3) is 1.90. The molecule has 0 aliphatic rings. The molecule has 2 aromatic rings. The normalized spacial score (nSPS) is 10.8. The van der Waals surface area contributed by atoms with Crippen LogP contribution in [0, 0.1) is 20.8 Å². The average Bonchev–Trinajstić information content (AvgIpc) is 2.57. The number of thiazole rings is 1. The van der Waals surface area contributed by atoms with Gasteiger partial charge in [-0.15, -0.1) is 11.3 Å². The summed E-state index contributed by atoms with van der Waals surface area (Å²) in [5.74, 6) is 0. The first-order chi connectivity index (χ1) is 7.63. The summed E-state index contributed by atoms with van der Waals surface area (Å²) in [5, 5.41) is 1.15. The lowest BCUT2D eigenvalue weighted by Gasteiger charge is -2.09. The molecule has 0 saturated carbocycles. The van der Waals surface area contributed by atoms with Gasteiger partial charge in [-0.25, -0.2) is 4.98 Å². The number of rotatable bonds is 2. The Morgan fingerprint density at radius 2 is 1.94 bits per heavy atom. The van der Waals surface area contributed by atoms with Crippen LogP contribution in [-0.4, -0.2) is 4.98 Å². The van der Waals surface area contributed by atoms with E-state index in [0.717, 1.165) is 17.1 Å². The molecule has 0 radical (unpaired) electrons. The highest BCUT2D eigenvalue weighted by molar-refractivity contribution is 7.15. The van der Waals surface area contributed by atoms with Crippen LogP contribution in [0.4, 0.5) is 0 Å². The summed E-state index contributed by atoms with van der Waals surface area (Å²) in [5.41, 5.74) is 5.35. The summed E-state index contributed by atoms with van der Waals surface area (Å²) in [7, 11) is 0. The zero-order chi connectivity index (χ0) is 11.7. The van der Waals surface area contributed by atoms with Crippen LogP contribution in [0.1, 0.15) is 28.8 Å². The molecule has 1 heterocycles. The van der Waals surface area contributed by atoms with E-state index in [1.54, 1.807) is 11.3 Å². The van der Waals surface area contributed by atoms with Gasteiger partial charge in [0.2, 0.25) is 0 Å². The standard InChI is InChI=1S/C14H17NS/c1-5-12-9(2)7-6-8-13(12)14-10(3)15-11(4)16-14/h6-8H,5H2,1-4H3. The fourth-order valence-corrected chi connectivity index (χ4v) is 3.14. The smallest absolute Gasteiger partial charge is 0.0903 e. The van der Waals surface area contributed by atoms with Gasteiger partial charge >= 0.3 is 0 Å². The molecule has 0 spiro atoms. The van der Waals surface area contributed by atoms with Crippen LogP contribution in [0.2, 0.25) is 0 Å². The molecule has 0 aliphatic carbocycles. The van der Waals surface area contributed by atoms with Gasteiger partial charge in [-0.2, -0.15) is 0 Å². The molecule has 1 aromatic heterocycles. The van der Waals surface area contributed by atoms with Gasteiger partial charge in [-0.05, 0) is 43.9 Å². The van der Waals surface area contributed by atoms with Crippen molar-refractivity contribution in [2.75, 3.05) is 0 Å². The first-order valence-corrected chi connectivity index (χ1v) is 6.48. The van der Waals surface area contributed by atoms with Gasteiger partial charge < -0.3 is 0 Å². The summed E-state index contributed by atoms with van der Waals surface area (Å²) < 4.78 is 0. The minimum Gasteiger partial charge on any atom is -0.246 e.